The van der Waals surface area contributed by atoms with Crippen molar-refractivity contribution in [1.82, 2.24) is 9.78 Å². The van der Waals surface area contributed by atoms with E-state index in [2.05, 4.69) is 21.0 Å². The molecule has 3 aromatic rings. The number of hydrogen-bond acceptors (Lipinski definition) is 2. The zero-order chi connectivity index (χ0) is 14.8. The third-order valence-electron chi connectivity index (χ3n) is 3.22. The Morgan fingerprint density at radius 3 is 2.33 bits per heavy atom. The maximum atomic E-state index is 13.0. The van der Waals surface area contributed by atoms with Gasteiger partial charge in [0.05, 0.1) is 11.4 Å². The standard InChI is InChI=1S/C16H13BrFN3/c17-13-3-1-11(2-4-13)16-12(9-19)10-21(20-16)15-7-5-14(18)6-8-15/h1-8,10H,9,19H2. The molecule has 1 heterocycles. The Kier molecular flexibility index (Phi) is 3.86. The molecular formula is C16H13BrFN3. The smallest absolute Gasteiger partial charge is 0.123 e. The second kappa shape index (κ2) is 5.79. The van der Waals surface area contributed by atoms with Gasteiger partial charge >= 0.3 is 0 Å². The summed E-state index contributed by atoms with van der Waals surface area (Å²) in [4.78, 5) is 0. The normalized spacial score (nSPS) is 10.8. The largest absolute Gasteiger partial charge is 0.326 e. The van der Waals surface area contributed by atoms with Crippen molar-refractivity contribution in [2.45, 2.75) is 6.54 Å². The summed E-state index contributed by atoms with van der Waals surface area (Å²) in [5, 5.41) is 4.58. The van der Waals surface area contributed by atoms with Crippen LogP contribution in [0.15, 0.2) is 59.2 Å². The minimum absolute atomic E-state index is 0.266. The highest BCUT2D eigenvalue weighted by Gasteiger charge is 2.11. The van der Waals surface area contributed by atoms with Gasteiger partial charge < -0.3 is 5.73 Å². The number of nitrogens with zero attached hydrogens (tertiary/aromatic N) is 2. The summed E-state index contributed by atoms with van der Waals surface area (Å²) in [6, 6.07) is 14.1. The van der Waals surface area contributed by atoms with Gasteiger partial charge in [-0.15, -0.1) is 0 Å². The van der Waals surface area contributed by atoms with Crippen LogP contribution in [-0.4, -0.2) is 9.78 Å². The van der Waals surface area contributed by atoms with Gasteiger partial charge in [0.1, 0.15) is 5.82 Å². The van der Waals surface area contributed by atoms with Crippen LogP contribution in [0.1, 0.15) is 5.56 Å². The topological polar surface area (TPSA) is 43.8 Å². The van der Waals surface area contributed by atoms with Gasteiger partial charge in [-0.2, -0.15) is 5.10 Å². The molecule has 0 atom stereocenters. The van der Waals surface area contributed by atoms with Gasteiger partial charge in [-0.1, -0.05) is 28.1 Å². The molecule has 0 amide bonds. The zero-order valence-corrected chi connectivity index (χ0v) is 12.7. The first kappa shape index (κ1) is 14.0. The van der Waals surface area contributed by atoms with Gasteiger partial charge in [-0.25, -0.2) is 9.07 Å². The highest BCUT2D eigenvalue weighted by Crippen LogP contribution is 2.25. The second-order valence-electron chi connectivity index (χ2n) is 4.63. The molecule has 106 valence electrons. The van der Waals surface area contributed by atoms with Crippen molar-refractivity contribution in [1.29, 1.82) is 0 Å². The monoisotopic (exact) mass is 345 g/mol. The number of benzene rings is 2. The molecule has 5 heteroatoms. The van der Waals surface area contributed by atoms with Crippen LogP contribution >= 0.6 is 15.9 Å². The highest BCUT2D eigenvalue weighted by atomic mass is 79.9. The fourth-order valence-corrected chi connectivity index (χ4v) is 2.40. The summed E-state index contributed by atoms with van der Waals surface area (Å²) in [6.45, 7) is 0.395. The highest BCUT2D eigenvalue weighted by molar-refractivity contribution is 9.10. The Morgan fingerprint density at radius 1 is 1.05 bits per heavy atom. The molecule has 2 aromatic carbocycles. The van der Waals surface area contributed by atoms with E-state index in [4.69, 9.17) is 5.73 Å². The lowest BCUT2D eigenvalue weighted by atomic mass is 10.1. The van der Waals surface area contributed by atoms with Crippen molar-refractivity contribution >= 4 is 15.9 Å². The van der Waals surface area contributed by atoms with E-state index in [0.717, 1.165) is 27.0 Å². The third-order valence-corrected chi connectivity index (χ3v) is 3.75. The molecule has 0 saturated carbocycles. The van der Waals surface area contributed by atoms with E-state index in [0.29, 0.717) is 6.54 Å². The Bertz CT molecular complexity index is 748. The van der Waals surface area contributed by atoms with Gasteiger partial charge in [-0.3, -0.25) is 0 Å². The maximum absolute atomic E-state index is 13.0. The van der Waals surface area contributed by atoms with E-state index in [1.165, 1.54) is 12.1 Å². The summed E-state index contributed by atoms with van der Waals surface area (Å²) < 4.78 is 15.7. The van der Waals surface area contributed by atoms with Gasteiger partial charge in [0.25, 0.3) is 0 Å². The van der Waals surface area contributed by atoms with E-state index in [1.54, 1.807) is 16.8 Å². The quantitative estimate of drug-likeness (QED) is 0.782. The molecular weight excluding hydrogens is 333 g/mol. The van der Waals surface area contributed by atoms with Crippen LogP contribution in [0.4, 0.5) is 4.39 Å². The minimum atomic E-state index is -0.266. The fraction of sp³-hybridized carbons (Fsp3) is 0.0625. The van der Waals surface area contributed by atoms with Crippen LogP contribution in [-0.2, 0) is 6.54 Å². The zero-order valence-electron chi connectivity index (χ0n) is 11.1. The molecule has 0 saturated heterocycles. The van der Waals surface area contributed by atoms with E-state index in [1.807, 2.05) is 30.5 Å². The number of nitrogens with two attached hydrogens (primary N) is 1. The van der Waals surface area contributed by atoms with Gasteiger partial charge in [-0.05, 0) is 36.4 Å². The Labute approximate surface area is 130 Å². The molecule has 21 heavy (non-hydrogen) atoms. The minimum Gasteiger partial charge on any atom is -0.326 e. The predicted molar refractivity (Wildman–Crippen MR) is 84.5 cm³/mol. The van der Waals surface area contributed by atoms with E-state index in [9.17, 15) is 4.39 Å². The number of halogens is 2. The van der Waals surface area contributed by atoms with Crippen molar-refractivity contribution in [3.8, 4) is 16.9 Å². The van der Waals surface area contributed by atoms with Gasteiger partial charge in [0.2, 0.25) is 0 Å². The lowest BCUT2D eigenvalue weighted by molar-refractivity contribution is 0.627. The first-order valence-electron chi connectivity index (χ1n) is 6.48. The average Bonchev–Trinajstić information content (AvgIpc) is 2.93. The van der Waals surface area contributed by atoms with Crippen LogP contribution in [0.3, 0.4) is 0 Å². The molecule has 0 aliphatic carbocycles. The summed E-state index contributed by atoms with van der Waals surface area (Å²) in [7, 11) is 0. The summed E-state index contributed by atoms with van der Waals surface area (Å²) in [6.07, 6.45) is 1.88. The van der Waals surface area contributed by atoms with Crippen LogP contribution in [0, 0.1) is 5.82 Å². The van der Waals surface area contributed by atoms with E-state index >= 15 is 0 Å². The van der Waals surface area contributed by atoms with E-state index in [-0.39, 0.29) is 5.82 Å². The van der Waals surface area contributed by atoms with Gasteiger partial charge in [0.15, 0.2) is 0 Å². The molecule has 0 bridgehead atoms. The Balaban J connectivity index is 2.05. The molecule has 3 rings (SSSR count). The molecule has 0 spiro atoms. The molecule has 0 aliphatic heterocycles. The van der Waals surface area contributed by atoms with Crippen LogP contribution in [0.25, 0.3) is 16.9 Å². The molecule has 1 aromatic heterocycles. The summed E-state index contributed by atoms with van der Waals surface area (Å²) >= 11 is 3.42. The summed E-state index contributed by atoms with van der Waals surface area (Å²) in [5.74, 6) is -0.266. The first-order chi connectivity index (χ1) is 10.2. The SMILES string of the molecule is NCc1cn(-c2ccc(F)cc2)nc1-c1ccc(Br)cc1. The molecule has 0 fully saturated rings. The lowest BCUT2D eigenvalue weighted by Gasteiger charge is -2.01. The maximum Gasteiger partial charge on any atom is 0.123 e. The van der Waals surface area contributed by atoms with Crippen LogP contribution < -0.4 is 5.73 Å². The lowest BCUT2D eigenvalue weighted by Crippen LogP contribution is -1.96. The van der Waals surface area contributed by atoms with Crippen molar-refractivity contribution in [2.75, 3.05) is 0 Å². The number of aromatic nitrogens is 2. The molecule has 3 nitrogen and oxygen atoms in total. The van der Waals surface area contributed by atoms with E-state index < -0.39 is 0 Å². The van der Waals surface area contributed by atoms with Crippen molar-refractivity contribution in [2.24, 2.45) is 5.73 Å². The second-order valence-corrected chi connectivity index (χ2v) is 5.55. The van der Waals surface area contributed by atoms with Gasteiger partial charge in [0, 0.05) is 28.3 Å². The first-order valence-corrected chi connectivity index (χ1v) is 7.27. The summed E-state index contributed by atoms with van der Waals surface area (Å²) in [5.41, 5.74) is 9.40. The van der Waals surface area contributed by atoms with Crippen LogP contribution in [0.5, 0.6) is 0 Å². The van der Waals surface area contributed by atoms with Crippen LogP contribution in [0.2, 0.25) is 0 Å². The van der Waals surface area contributed by atoms with Crippen molar-refractivity contribution in [3.63, 3.8) is 0 Å². The number of hydrogen-bond donors (Lipinski definition) is 1. The predicted octanol–water partition coefficient (Wildman–Crippen LogP) is 3.90. The number of rotatable bonds is 3. The molecule has 2 N–H and O–H groups in total. The molecule has 0 aliphatic rings. The molecule has 0 radical (unpaired) electrons. The van der Waals surface area contributed by atoms with Crippen molar-refractivity contribution < 1.29 is 4.39 Å². The van der Waals surface area contributed by atoms with Crippen molar-refractivity contribution in [3.05, 3.63) is 70.6 Å². The Morgan fingerprint density at radius 2 is 1.71 bits per heavy atom. The molecule has 0 unspecified atom stereocenters. The Hall–Kier alpha value is -1.98. The third kappa shape index (κ3) is 2.89. The fourth-order valence-electron chi connectivity index (χ4n) is 2.14. The average molecular weight is 346 g/mol.